The Morgan fingerprint density at radius 3 is 2.96 bits per heavy atom. The van der Waals surface area contributed by atoms with Crippen molar-refractivity contribution >= 4 is 11.6 Å². The molecule has 8 heteroatoms. The largest absolute Gasteiger partial charge is 0.433 e. The fourth-order valence-electron chi connectivity index (χ4n) is 3.85. The molecule has 0 aliphatic carbocycles. The Morgan fingerprint density at radius 2 is 2.27 bits per heavy atom. The van der Waals surface area contributed by atoms with Crippen molar-refractivity contribution in [3.63, 3.8) is 0 Å². The summed E-state index contributed by atoms with van der Waals surface area (Å²) in [4.78, 5) is 14.4. The second-order valence-corrected chi connectivity index (χ2v) is 6.66. The lowest BCUT2D eigenvalue weighted by Gasteiger charge is -2.44. The van der Waals surface area contributed by atoms with E-state index in [-0.39, 0.29) is 35.6 Å². The van der Waals surface area contributed by atoms with Crippen molar-refractivity contribution in [3.8, 4) is 5.75 Å². The predicted molar refractivity (Wildman–Crippen MR) is 91.5 cm³/mol. The summed E-state index contributed by atoms with van der Waals surface area (Å²) in [6.07, 6.45) is 2.71. The van der Waals surface area contributed by atoms with Crippen molar-refractivity contribution in [1.82, 2.24) is 4.90 Å². The van der Waals surface area contributed by atoms with E-state index in [2.05, 4.69) is 10.1 Å². The number of carbonyl (C=O) groups is 1. The number of hydrogen-bond donors (Lipinski definition) is 1. The highest BCUT2D eigenvalue weighted by Crippen LogP contribution is 2.36. The van der Waals surface area contributed by atoms with Gasteiger partial charge < -0.3 is 19.5 Å². The van der Waals surface area contributed by atoms with Gasteiger partial charge >= 0.3 is 6.61 Å². The van der Waals surface area contributed by atoms with E-state index in [0.717, 1.165) is 19.3 Å². The Morgan fingerprint density at radius 1 is 1.46 bits per heavy atom. The molecule has 1 aromatic carbocycles. The highest BCUT2D eigenvalue weighted by molar-refractivity contribution is 5.93. The van der Waals surface area contributed by atoms with Crippen LogP contribution in [0.15, 0.2) is 24.3 Å². The van der Waals surface area contributed by atoms with E-state index in [4.69, 9.17) is 9.47 Å². The minimum Gasteiger partial charge on any atom is -0.433 e. The zero-order chi connectivity index (χ0) is 18.6. The lowest BCUT2D eigenvalue weighted by atomic mass is 9.87. The van der Waals surface area contributed by atoms with Crippen molar-refractivity contribution in [2.75, 3.05) is 38.7 Å². The van der Waals surface area contributed by atoms with Crippen LogP contribution in [-0.2, 0) is 14.3 Å². The van der Waals surface area contributed by atoms with Gasteiger partial charge in [-0.3, -0.25) is 9.69 Å². The van der Waals surface area contributed by atoms with Gasteiger partial charge in [-0.2, -0.15) is 8.78 Å². The number of halogens is 2. The van der Waals surface area contributed by atoms with E-state index in [0.29, 0.717) is 19.7 Å². The first-order chi connectivity index (χ1) is 12.5. The van der Waals surface area contributed by atoms with E-state index in [1.807, 2.05) is 4.90 Å². The summed E-state index contributed by atoms with van der Waals surface area (Å²) >= 11 is 0. The standard InChI is InChI=1S/C18H24F2N2O4/c1-24-15-7-9-22(12-18(15)8-4-10-25-18)11-16(23)21-13-5-2-3-6-14(13)26-17(19)20/h2-3,5-6,15,17H,4,7-12H2,1H3,(H,21,23)/t15-,18+/m0/s1. The molecule has 2 aliphatic heterocycles. The molecule has 0 bridgehead atoms. The Kier molecular flexibility index (Phi) is 6.05. The highest BCUT2D eigenvalue weighted by Gasteiger charge is 2.47. The number of hydrogen-bond acceptors (Lipinski definition) is 5. The number of para-hydroxylation sites is 2. The number of nitrogens with zero attached hydrogens (tertiary/aromatic N) is 1. The third-order valence-electron chi connectivity index (χ3n) is 4.95. The highest BCUT2D eigenvalue weighted by atomic mass is 19.3. The van der Waals surface area contributed by atoms with E-state index in [1.165, 1.54) is 12.1 Å². The summed E-state index contributed by atoms with van der Waals surface area (Å²) in [5.41, 5.74) is -0.124. The van der Waals surface area contributed by atoms with Crippen LogP contribution in [0.25, 0.3) is 0 Å². The first-order valence-electron chi connectivity index (χ1n) is 8.75. The number of nitrogens with one attached hydrogen (secondary N) is 1. The maximum atomic E-state index is 12.5. The lowest BCUT2D eigenvalue weighted by Crippen LogP contribution is -2.58. The van der Waals surface area contributed by atoms with E-state index < -0.39 is 6.61 Å². The fraction of sp³-hybridized carbons (Fsp3) is 0.611. The second-order valence-electron chi connectivity index (χ2n) is 6.66. The Bertz CT molecular complexity index is 623. The molecule has 1 N–H and O–H groups in total. The molecule has 1 amide bonds. The third kappa shape index (κ3) is 4.31. The van der Waals surface area contributed by atoms with Crippen LogP contribution >= 0.6 is 0 Å². The van der Waals surface area contributed by atoms with Crippen molar-refractivity contribution in [2.45, 2.75) is 37.6 Å². The monoisotopic (exact) mass is 370 g/mol. The molecule has 144 valence electrons. The van der Waals surface area contributed by atoms with Crippen LogP contribution in [0.5, 0.6) is 5.75 Å². The summed E-state index contributed by atoms with van der Waals surface area (Å²) in [5, 5.41) is 2.66. The number of likely N-dealkylation sites (tertiary alicyclic amines) is 1. The van der Waals surface area contributed by atoms with E-state index in [9.17, 15) is 13.6 Å². The number of rotatable bonds is 6. The number of ether oxygens (including phenoxy) is 3. The normalized spacial score (nSPS) is 26.4. The number of piperidine rings is 1. The van der Waals surface area contributed by atoms with E-state index in [1.54, 1.807) is 19.2 Å². The third-order valence-corrected chi connectivity index (χ3v) is 4.95. The Labute approximate surface area is 151 Å². The lowest BCUT2D eigenvalue weighted by molar-refractivity contribution is -0.146. The fourth-order valence-corrected chi connectivity index (χ4v) is 3.85. The van der Waals surface area contributed by atoms with Crippen LogP contribution in [0.2, 0.25) is 0 Å². The predicted octanol–water partition coefficient (Wildman–Crippen LogP) is 2.50. The van der Waals surface area contributed by atoms with E-state index >= 15 is 0 Å². The van der Waals surface area contributed by atoms with Gasteiger partial charge in [0.25, 0.3) is 0 Å². The van der Waals surface area contributed by atoms with Gasteiger partial charge in [0.1, 0.15) is 11.4 Å². The van der Waals surface area contributed by atoms with Crippen molar-refractivity contribution in [2.24, 2.45) is 0 Å². The van der Waals surface area contributed by atoms with Crippen LogP contribution in [-0.4, -0.2) is 62.5 Å². The van der Waals surface area contributed by atoms with Gasteiger partial charge in [-0.1, -0.05) is 12.1 Å². The average molecular weight is 370 g/mol. The minimum atomic E-state index is -2.94. The Hall–Kier alpha value is -1.77. The van der Waals surface area contributed by atoms with Crippen LogP contribution < -0.4 is 10.1 Å². The molecule has 2 heterocycles. The van der Waals surface area contributed by atoms with Crippen LogP contribution in [0.1, 0.15) is 19.3 Å². The van der Waals surface area contributed by atoms with Crippen LogP contribution in [0, 0.1) is 0 Å². The quantitative estimate of drug-likeness (QED) is 0.834. The molecule has 0 saturated carbocycles. The van der Waals surface area contributed by atoms with Gasteiger partial charge in [0.15, 0.2) is 0 Å². The summed E-state index contributed by atoms with van der Waals surface area (Å²) < 4.78 is 41.0. The molecule has 2 aliphatic rings. The van der Waals surface area contributed by atoms with Crippen LogP contribution in [0.4, 0.5) is 14.5 Å². The Balaban J connectivity index is 1.60. The molecule has 0 unspecified atom stereocenters. The maximum Gasteiger partial charge on any atom is 0.387 e. The minimum absolute atomic E-state index is 0.0319. The summed E-state index contributed by atoms with van der Waals surface area (Å²) in [5.74, 6) is -0.330. The molecule has 1 spiro atoms. The molecule has 6 nitrogen and oxygen atoms in total. The van der Waals surface area contributed by atoms with Crippen molar-refractivity contribution < 1.29 is 27.8 Å². The summed E-state index contributed by atoms with van der Waals surface area (Å²) in [7, 11) is 1.69. The first-order valence-corrected chi connectivity index (χ1v) is 8.75. The van der Waals surface area contributed by atoms with Gasteiger partial charge in [-0.25, -0.2) is 0 Å². The summed E-state index contributed by atoms with van der Waals surface area (Å²) in [6, 6.07) is 6.16. The topological polar surface area (TPSA) is 60.0 Å². The van der Waals surface area contributed by atoms with Gasteiger partial charge in [0.2, 0.25) is 5.91 Å². The molecule has 2 saturated heterocycles. The maximum absolute atomic E-state index is 12.5. The molecule has 0 radical (unpaired) electrons. The average Bonchev–Trinajstić information content (AvgIpc) is 3.05. The van der Waals surface area contributed by atoms with Crippen molar-refractivity contribution in [1.29, 1.82) is 0 Å². The summed E-state index contributed by atoms with van der Waals surface area (Å²) in [6.45, 7) is -0.746. The van der Waals surface area contributed by atoms with Gasteiger partial charge in [0, 0.05) is 26.8 Å². The number of alkyl halides is 2. The molecule has 0 aromatic heterocycles. The molecule has 2 fully saturated rings. The van der Waals surface area contributed by atoms with Crippen LogP contribution in [0.3, 0.4) is 0 Å². The smallest absolute Gasteiger partial charge is 0.387 e. The molecular formula is C18H24F2N2O4. The first kappa shape index (κ1) is 19.0. The SMILES string of the molecule is CO[C@H]1CCN(CC(=O)Nc2ccccc2OC(F)F)C[C@]12CCCO2. The number of amides is 1. The van der Waals surface area contributed by atoms with Gasteiger partial charge in [-0.15, -0.1) is 0 Å². The number of carbonyl (C=O) groups excluding carboxylic acids is 1. The van der Waals surface area contributed by atoms with Crippen molar-refractivity contribution in [3.05, 3.63) is 24.3 Å². The molecule has 26 heavy (non-hydrogen) atoms. The zero-order valence-corrected chi connectivity index (χ0v) is 14.7. The number of anilines is 1. The second kappa shape index (κ2) is 8.28. The van der Waals surface area contributed by atoms with Gasteiger partial charge in [0.05, 0.1) is 18.3 Å². The molecule has 3 rings (SSSR count). The number of methoxy groups -OCH3 is 1. The molecule has 2 atom stereocenters. The molecular weight excluding hydrogens is 346 g/mol. The van der Waals surface area contributed by atoms with Gasteiger partial charge in [-0.05, 0) is 31.4 Å². The zero-order valence-electron chi connectivity index (χ0n) is 14.7. The number of benzene rings is 1. The molecule has 1 aromatic rings.